The SMILES string of the molecule is Cc1cc(C(O)Cc2c(Cl)c(C)nn2C)ccc1Cl. The van der Waals surface area contributed by atoms with Crippen LogP contribution in [0.3, 0.4) is 0 Å². The number of aromatic nitrogens is 2. The second kappa shape index (κ2) is 5.53. The zero-order chi connectivity index (χ0) is 14.2. The summed E-state index contributed by atoms with van der Waals surface area (Å²) in [4.78, 5) is 0. The summed E-state index contributed by atoms with van der Waals surface area (Å²) in [6, 6.07) is 5.52. The van der Waals surface area contributed by atoms with E-state index in [1.165, 1.54) is 0 Å². The van der Waals surface area contributed by atoms with Gasteiger partial charge in [-0.15, -0.1) is 0 Å². The van der Waals surface area contributed by atoms with E-state index in [2.05, 4.69) is 5.10 Å². The number of aliphatic hydroxyl groups is 1. The van der Waals surface area contributed by atoms with Gasteiger partial charge in [-0.25, -0.2) is 0 Å². The van der Waals surface area contributed by atoms with Crippen molar-refractivity contribution in [3.05, 3.63) is 50.8 Å². The fourth-order valence-corrected chi connectivity index (χ4v) is 2.43. The smallest absolute Gasteiger partial charge is 0.0848 e. The maximum absolute atomic E-state index is 10.3. The second-order valence-corrected chi connectivity index (χ2v) is 5.48. The van der Waals surface area contributed by atoms with Crippen molar-refractivity contribution in [2.24, 2.45) is 7.05 Å². The van der Waals surface area contributed by atoms with Gasteiger partial charge >= 0.3 is 0 Å². The molecule has 0 radical (unpaired) electrons. The predicted octanol–water partition coefficient (Wildman–Crippen LogP) is 3.62. The first-order valence-electron chi connectivity index (χ1n) is 6.02. The second-order valence-electron chi connectivity index (χ2n) is 4.70. The maximum Gasteiger partial charge on any atom is 0.0848 e. The van der Waals surface area contributed by atoms with Crippen LogP contribution in [0.4, 0.5) is 0 Å². The summed E-state index contributed by atoms with van der Waals surface area (Å²) in [7, 11) is 1.83. The highest BCUT2D eigenvalue weighted by Crippen LogP contribution is 2.27. The van der Waals surface area contributed by atoms with Crippen LogP contribution in [-0.2, 0) is 13.5 Å². The Morgan fingerprint density at radius 3 is 2.53 bits per heavy atom. The van der Waals surface area contributed by atoms with Crippen LogP contribution >= 0.6 is 23.2 Å². The molecule has 1 heterocycles. The van der Waals surface area contributed by atoms with E-state index < -0.39 is 6.10 Å². The highest BCUT2D eigenvalue weighted by atomic mass is 35.5. The van der Waals surface area contributed by atoms with E-state index in [1.54, 1.807) is 10.7 Å². The molecular formula is C14H16Cl2N2O. The molecule has 1 N–H and O–H groups in total. The van der Waals surface area contributed by atoms with E-state index in [4.69, 9.17) is 23.2 Å². The highest BCUT2D eigenvalue weighted by Gasteiger charge is 2.17. The van der Waals surface area contributed by atoms with Gasteiger partial charge in [-0.3, -0.25) is 4.68 Å². The Bertz CT molecular complexity index is 608. The van der Waals surface area contributed by atoms with Crippen LogP contribution < -0.4 is 0 Å². The summed E-state index contributed by atoms with van der Waals surface area (Å²) in [5.74, 6) is 0. The number of rotatable bonds is 3. The predicted molar refractivity (Wildman–Crippen MR) is 77.8 cm³/mol. The molecular weight excluding hydrogens is 283 g/mol. The molecule has 1 aromatic heterocycles. The number of benzene rings is 1. The van der Waals surface area contributed by atoms with E-state index in [0.29, 0.717) is 16.5 Å². The van der Waals surface area contributed by atoms with Crippen molar-refractivity contribution in [1.29, 1.82) is 0 Å². The van der Waals surface area contributed by atoms with Crippen molar-refractivity contribution in [2.75, 3.05) is 0 Å². The molecule has 0 aliphatic rings. The Morgan fingerprint density at radius 2 is 2.00 bits per heavy atom. The summed E-state index contributed by atoms with van der Waals surface area (Å²) < 4.78 is 1.71. The van der Waals surface area contributed by atoms with Gasteiger partial charge in [0.2, 0.25) is 0 Å². The lowest BCUT2D eigenvalue weighted by molar-refractivity contribution is 0.176. The number of aliphatic hydroxyl groups excluding tert-OH is 1. The van der Waals surface area contributed by atoms with Crippen molar-refractivity contribution in [1.82, 2.24) is 9.78 Å². The molecule has 0 saturated carbocycles. The highest BCUT2D eigenvalue weighted by molar-refractivity contribution is 6.32. The van der Waals surface area contributed by atoms with Gasteiger partial charge in [0.15, 0.2) is 0 Å². The van der Waals surface area contributed by atoms with Crippen LogP contribution in [0.15, 0.2) is 18.2 Å². The van der Waals surface area contributed by atoms with Crippen LogP contribution in [-0.4, -0.2) is 14.9 Å². The van der Waals surface area contributed by atoms with Crippen LogP contribution in [0.25, 0.3) is 0 Å². The normalized spacial score (nSPS) is 12.7. The van der Waals surface area contributed by atoms with Crippen LogP contribution in [0.2, 0.25) is 10.0 Å². The van der Waals surface area contributed by atoms with E-state index in [1.807, 2.05) is 33.0 Å². The first-order chi connectivity index (χ1) is 8.90. The average Bonchev–Trinajstić information content (AvgIpc) is 2.59. The van der Waals surface area contributed by atoms with Crippen LogP contribution in [0.1, 0.15) is 28.6 Å². The van der Waals surface area contributed by atoms with Crippen molar-refractivity contribution < 1.29 is 5.11 Å². The molecule has 102 valence electrons. The van der Waals surface area contributed by atoms with Crippen molar-refractivity contribution in [2.45, 2.75) is 26.4 Å². The minimum absolute atomic E-state index is 0.428. The average molecular weight is 299 g/mol. The number of aryl methyl sites for hydroxylation is 3. The van der Waals surface area contributed by atoms with E-state index >= 15 is 0 Å². The molecule has 0 saturated heterocycles. The fourth-order valence-electron chi connectivity index (χ4n) is 2.08. The molecule has 1 unspecified atom stereocenters. The summed E-state index contributed by atoms with van der Waals surface area (Å²) in [6.07, 6.45) is -0.194. The third kappa shape index (κ3) is 2.94. The molecule has 0 spiro atoms. The third-order valence-electron chi connectivity index (χ3n) is 3.22. The number of halogens is 2. The van der Waals surface area contributed by atoms with Crippen LogP contribution in [0.5, 0.6) is 0 Å². The number of nitrogens with zero attached hydrogens (tertiary/aromatic N) is 2. The molecule has 19 heavy (non-hydrogen) atoms. The van der Waals surface area contributed by atoms with E-state index in [-0.39, 0.29) is 0 Å². The van der Waals surface area contributed by atoms with Gasteiger partial charge in [0.05, 0.1) is 22.5 Å². The molecule has 1 atom stereocenters. The summed E-state index contributed by atoms with van der Waals surface area (Å²) in [5, 5.41) is 15.9. The first-order valence-corrected chi connectivity index (χ1v) is 6.78. The van der Waals surface area contributed by atoms with Gasteiger partial charge in [0, 0.05) is 18.5 Å². The van der Waals surface area contributed by atoms with E-state index in [9.17, 15) is 5.11 Å². The van der Waals surface area contributed by atoms with E-state index in [0.717, 1.165) is 22.5 Å². The largest absolute Gasteiger partial charge is 0.388 e. The number of hydrogen-bond donors (Lipinski definition) is 1. The lowest BCUT2D eigenvalue weighted by atomic mass is 10.0. The summed E-state index contributed by atoms with van der Waals surface area (Å²) in [6.45, 7) is 3.77. The molecule has 2 aromatic rings. The zero-order valence-corrected chi connectivity index (χ0v) is 12.6. The molecule has 3 nitrogen and oxygen atoms in total. The van der Waals surface area contributed by atoms with Gasteiger partial charge in [-0.1, -0.05) is 35.3 Å². The van der Waals surface area contributed by atoms with Crippen molar-refractivity contribution >= 4 is 23.2 Å². The molecule has 5 heteroatoms. The first kappa shape index (κ1) is 14.4. The van der Waals surface area contributed by atoms with Gasteiger partial charge in [-0.05, 0) is 31.0 Å². The van der Waals surface area contributed by atoms with Gasteiger partial charge < -0.3 is 5.11 Å². The molecule has 0 fully saturated rings. The monoisotopic (exact) mass is 298 g/mol. The summed E-state index contributed by atoms with van der Waals surface area (Å²) in [5.41, 5.74) is 3.39. The number of hydrogen-bond acceptors (Lipinski definition) is 2. The molecule has 0 aliphatic carbocycles. The maximum atomic E-state index is 10.3. The zero-order valence-electron chi connectivity index (χ0n) is 11.1. The molecule has 0 aliphatic heterocycles. The quantitative estimate of drug-likeness (QED) is 0.940. The molecule has 0 bridgehead atoms. The fraction of sp³-hybridized carbons (Fsp3) is 0.357. The molecule has 1 aromatic carbocycles. The van der Waals surface area contributed by atoms with Crippen molar-refractivity contribution in [3.63, 3.8) is 0 Å². The molecule has 2 rings (SSSR count). The third-order valence-corrected chi connectivity index (χ3v) is 4.13. The molecule has 0 amide bonds. The lowest BCUT2D eigenvalue weighted by Gasteiger charge is -2.13. The van der Waals surface area contributed by atoms with Crippen LogP contribution in [0, 0.1) is 13.8 Å². The summed E-state index contributed by atoms with van der Waals surface area (Å²) >= 11 is 12.2. The van der Waals surface area contributed by atoms with Gasteiger partial charge in [0.25, 0.3) is 0 Å². The minimum atomic E-state index is -0.622. The Hall–Kier alpha value is -1.03. The topological polar surface area (TPSA) is 38.1 Å². The van der Waals surface area contributed by atoms with Crippen molar-refractivity contribution in [3.8, 4) is 0 Å². The Kier molecular flexibility index (Phi) is 4.19. The van der Waals surface area contributed by atoms with Gasteiger partial charge in [0.1, 0.15) is 0 Å². The minimum Gasteiger partial charge on any atom is -0.388 e. The lowest BCUT2D eigenvalue weighted by Crippen LogP contribution is -2.07. The Labute approximate surface area is 122 Å². The Morgan fingerprint density at radius 1 is 1.32 bits per heavy atom. The Balaban J connectivity index is 2.25. The van der Waals surface area contributed by atoms with Gasteiger partial charge in [-0.2, -0.15) is 5.10 Å². The standard InChI is InChI=1S/C14H16Cl2N2O/c1-8-6-10(4-5-11(8)15)13(19)7-12-14(16)9(2)17-18(12)3/h4-6,13,19H,7H2,1-3H3.